The Kier molecular flexibility index (Phi) is 4.14. The molecule has 1 amide bonds. The number of hydrogen-bond acceptors (Lipinski definition) is 3. The van der Waals surface area contributed by atoms with E-state index in [4.69, 9.17) is 0 Å². The van der Waals surface area contributed by atoms with E-state index in [1.807, 2.05) is 11.3 Å². The number of hydrogen-bond donors (Lipinski definition) is 2. The first kappa shape index (κ1) is 13.8. The number of halogens is 1. The molecule has 1 saturated heterocycles. The molecule has 1 aromatic rings. The first-order valence-electron chi connectivity index (χ1n) is 6.92. The molecule has 2 heterocycles. The van der Waals surface area contributed by atoms with Gasteiger partial charge < -0.3 is 10.6 Å². The summed E-state index contributed by atoms with van der Waals surface area (Å²) in [5, 5.41) is 6.49. The normalized spacial score (nSPS) is 24.4. The summed E-state index contributed by atoms with van der Waals surface area (Å²) >= 11 is 4.15. The van der Waals surface area contributed by atoms with Gasteiger partial charge in [-0.3, -0.25) is 4.79 Å². The summed E-state index contributed by atoms with van der Waals surface area (Å²) in [6.07, 6.45) is 4.42. The molecule has 1 spiro atoms. The van der Waals surface area contributed by atoms with Crippen molar-refractivity contribution in [2.45, 2.75) is 25.7 Å². The van der Waals surface area contributed by atoms with E-state index in [2.05, 4.69) is 45.4 Å². The first-order chi connectivity index (χ1) is 9.20. The predicted molar refractivity (Wildman–Crippen MR) is 86.4 cm³/mol. The summed E-state index contributed by atoms with van der Waals surface area (Å²) < 4.78 is 1.31. The first-order valence-corrected chi connectivity index (χ1v) is 8.82. The zero-order valence-corrected chi connectivity index (χ0v) is 13.9. The summed E-state index contributed by atoms with van der Waals surface area (Å²) in [5.74, 6) is 0.575. The lowest BCUT2D eigenvalue weighted by atomic mass is 9.92. The number of carbonyl (C=O) groups is 1. The molecule has 1 aliphatic carbocycles. The van der Waals surface area contributed by atoms with Crippen LogP contribution in [0.2, 0.25) is 0 Å². The maximum Gasteiger partial charge on any atom is 0.223 e. The second kappa shape index (κ2) is 5.69. The largest absolute Gasteiger partial charge is 0.355 e. The molecule has 0 radical (unpaired) electrons. The van der Waals surface area contributed by atoms with E-state index in [9.17, 15) is 4.79 Å². The lowest BCUT2D eigenvalue weighted by Crippen LogP contribution is -2.34. The van der Waals surface area contributed by atoms with Gasteiger partial charge in [0, 0.05) is 17.3 Å². The highest BCUT2D eigenvalue weighted by atomic mass is 127. The number of thiophene rings is 1. The fourth-order valence-corrected chi connectivity index (χ4v) is 4.87. The second-order valence-electron chi connectivity index (χ2n) is 5.62. The third kappa shape index (κ3) is 3.13. The van der Waals surface area contributed by atoms with Crippen LogP contribution >= 0.6 is 33.9 Å². The second-order valence-corrected chi connectivity index (χ2v) is 8.68. The molecule has 0 aromatic carbocycles. The summed E-state index contributed by atoms with van der Waals surface area (Å²) in [6.45, 7) is 2.94. The van der Waals surface area contributed by atoms with Crippen molar-refractivity contribution in [1.29, 1.82) is 0 Å². The van der Waals surface area contributed by atoms with Crippen LogP contribution in [-0.2, 0) is 11.2 Å². The molecule has 19 heavy (non-hydrogen) atoms. The Bertz CT molecular complexity index is 468. The van der Waals surface area contributed by atoms with Gasteiger partial charge in [-0.2, -0.15) is 0 Å². The van der Waals surface area contributed by atoms with Gasteiger partial charge in [-0.15, -0.1) is 11.3 Å². The monoisotopic (exact) mass is 390 g/mol. The Morgan fingerprint density at radius 3 is 2.95 bits per heavy atom. The third-order valence-corrected chi connectivity index (χ3v) is 6.36. The van der Waals surface area contributed by atoms with Gasteiger partial charge in [0.25, 0.3) is 0 Å². The van der Waals surface area contributed by atoms with Crippen molar-refractivity contribution in [3.05, 3.63) is 19.9 Å². The standard InChI is InChI=1S/C14H19IN2OS/c15-12-2-1-10(19-12)3-6-17-13(18)11-9-14(11)4-7-16-8-5-14/h1-2,11,16H,3-9H2,(H,17,18). The molecule has 1 saturated carbocycles. The van der Waals surface area contributed by atoms with E-state index in [-0.39, 0.29) is 11.8 Å². The Morgan fingerprint density at radius 1 is 1.47 bits per heavy atom. The highest BCUT2D eigenvalue weighted by Crippen LogP contribution is 2.58. The topological polar surface area (TPSA) is 41.1 Å². The Labute approximate surface area is 131 Å². The van der Waals surface area contributed by atoms with Crippen LogP contribution in [0.3, 0.4) is 0 Å². The van der Waals surface area contributed by atoms with Crippen molar-refractivity contribution in [2.24, 2.45) is 11.3 Å². The molecule has 1 atom stereocenters. The Morgan fingerprint density at radius 2 is 2.26 bits per heavy atom. The average molecular weight is 390 g/mol. The zero-order chi connectivity index (χ0) is 13.3. The molecule has 5 heteroatoms. The predicted octanol–water partition coefficient (Wildman–Crippen LogP) is 2.40. The van der Waals surface area contributed by atoms with Crippen molar-refractivity contribution in [3.63, 3.8) is 0 Å². The van der Waals surface area contributed by atoms with E-state index in [1.165, 1.54) is 20.6 Å². The van der Waals surface area contributed by atoms with Crippen molar-refractivity contribution in [1.82, 2.24) is 10.6 Å². The number of carbonyl (C=O) groups excluding carboxylic acids is 1. The minimum atomic E-state index is 0.285. The Balaban J connectivity index is 1.43. The van der Waals surface area contributed by atoms with Crippen LogP contribution in [0.4, 0.5) is 0 Å². The van der Waals surface area contributed by atoms with Crippen molar-refractivity contribution >= 4 is 39.8 Å². The van der Waals surface area contributed by atoms with Crippen LogP contribution in [0.5, 0.6) is 0 Å². The maximum atomic E-state index is 12.1. The molecular weight excluding hydrogens is 371 g/mol. The molecule has 1 aromatic heterocycles. The fourth-order valence-electron chi connectivity index (χ4n) is 3.11. The molecular formula is C14H19IN2OS. The fraction of sp³-hybridized carbons (Fsp3) is 0.643. The van der Waals surface area contributed by atoms with Crippen LogP contribution in [0.15, 0.2) is 12.1 Å². The molecule has 1 aliphatic heterocycles. The van der Waals surface area contributed by atoms with Gasteiger partial charge >= 0.3 is 0 Å². The van der Waals surface area contributed by atoms with Gasteiger partial charge in [-0.25, -0.2) is 0 Å². The zero-order valence-electron chi connectivity index (χ0n) is 10.9. The molecule has 3 nitrogen and oxygen atoms in total. The van der Waals surface area contributed by atoms with Gasteiger partial charge in [-0.1, -0.05) is 0 Å². The number of nitrogens with one attached hydrogen (secondary N) is 2. The average Bonchev–Trinajstić information content (AvgIpc) is 2.93. The van der Waals surface area contributed by atoms with Crippen LogP contribution in [0.1, 0.15) is 24.1 Å². The highest BCUT2D eigenvalue weighted by molar-refractivity contribution is 14.1. The minimum Gasteiger partial charge on any atom is -0.355 e. The van der Waals surface area contributed by atoms with Crippen molar-refractivity contribution in [3.8, 4) is 0 Å². The number of amides is 1. The lowest BCUT2D eigenvalue weighted by Gasteiger charge is -2.23. The van der Waals surface area contributed by atoms with Crippen LogP contribution < -0.4 is 10.6 Å². The van der Waals surface area contributed by atoms with E-state index < -0.39 is 0 Å². The molecule has 104 valence electrons. The van der Waals surface area contributed by atoms with Gasteiger partial charge in [0.05, 0.1) is 2.88 Å². The molecule has 2 N–H and O–H groups in total. The quantitative estimate of drug-likeness (QED) is 0.776. The molecule has 1 unspecified atom stereocenters. The molecule has 3 rings (SSSR count). The molecule has 0 bridgehead atoms. The van der Waals surface area contributed by atoms with Crippen LogP contribution in [0.25, 0.3) is 0 Å². The van der Waals surface area contributed by atoms with E-state index in [0.29, 0.717) is 5.41 Å². The summed E-state index contributed by atoms with van der Waals surface area (Å²) in [5.41, 5.74) is 0.355. The van der Waals surface area contributed by atoms with Crippen LogP contribution in [0, 0.1) is 14.2 Å². The Hall–Kier alpha value is -0.140. The van der Waals surface area contributed by atoms with Gasteiger partial charge in [-0.05, 0) is 78.9 Å². The minimum absolute atomic E-state index is 0.285. The van der Waals surface area contributed by atoms with E-state index >= 15 is 0 Å². The maximum absolute atomic E-state index is 12.1. The van der Waals surface area contributed by atoms with Crippen molar-refractivity contribution < 1.29 is 4.79 Å². The summed E-state index contributed by atoms with van der Waals surface area (Å²) in [4.78, 5) is 13.5. The summed E-state index contributed by atoms with van der Waals surface area (Å²) in [7, 11) is 0. The number of piperidine rings is 1. The van der Waals surface area contributed by atoms with E-state index in [1.54, 1.807) is 0 Å². The smallest absolute Gasteiger partial charge is 0.223 e. The van der Waals surface area contributed by atoms with Crippen molar-refractivity contribution in [2.75, 3.05) is 19.6 Å². The number of rotatable bonds is 4. The van der Waals surface area contributed by atoms with E-state index in [0.717, 1.165) is 32.5 Å². The molecule has 2 aliphatic rings. The van der Waals surface area contributed by atoms with Gasteiger partial charge in [0.1, 0.15) is 0 Å². The lowest BCUT2D eigenvalue weighted by molar-refractivity contribution is -0.123. The highest BCUT2D eigenvalue weighted by Gasteiger charge is 2.57. The summed E-state index contributed by atoms with van der Waals surface area (Å²) in [6, 6.07) is 4.29. The molecule has 2 fully saturated rings. The SMILES string of the molecule is O=C(NCCc1ccc(I)s1)C1CC12CCNCC2. The third-order valence-electron chi connectivity index (χ3n) is 4.41. The van der Waals surface area contributed by atoms with Gasteiger partial charge in [0.2, 0.25) is 5.91 Å². The van der Waals surface area contributed by atoms with Crippen LogP contribution in [-0.4, -0.2) is 25.5 Å². The van der Waals surface area contributed by atoms with Gasteiger partial charge in [0.15, 0.2) is 0 Å².